The molecule has 0 aromatic heterocycles. The van der Waals surface area contributed by atoms with Gasteiger partial charge in [-0.05, 0) is 51.1 Å². The number of aliphatic hydroxyl groups is 1. The standard InChI is InChI=1S/C15H29NO/c1-2-16(14-8-4-3-5-9-14)12-11-13-7-6-10-15(13)17/h13-15,17H,2-12H2,1H3. The molecule has 2 atom stereocenters. The molecule has 2 rings (SSSR count). The number of hydrogen-bond donors (Lipinski definition) is 1. The lowest BCUT2D eigenvalue weighted by molar-refractivity contribution is 0.103. The molecule has 1 N–H and O–H groups in total. The lowest BCUT2D eigenvalue weighted by Gasteiger charge is -2.34. The third-order valence-electron chi connectivity index (χ3n) is 4.90. The Bertz CT molecular complexity index is 213. The number of rotatable bonds is 5. The van der Waals surface area contributed by atoms with Crippen molar-refractivity contribution >= 4 is 0 Å². The molecule has 2 saturated carbocycles. The largest absolute Gasteiger partial charge is 0.393 e. The Morgan fingerprint density at radius 2 is 1.76 bits per heavy atom. The van der Waals surface area contributed by atoms with E-state index in [4.69, 9.17) is 0 Å². The van der Waals surface area contributed by atoms with Crippen molar-refractivity contribution in [3.63, 3.8) is 0 Å². The molecule has 2 heteroatoms. The second-order valence-electron chi connectivity index (χ2n) is 5.97. The average Bonchev–Trinajstić information content (AvgIpc) is 2.77. The minimum atomic E-state index is 0.0000574. The first kappa shape index (κ1) is 13.4. The van der Waals surface area contributed by atoms with Gasteiger partial charge in [0.2, 0.25) is 0 Å². The summed E-state index contributed by atoms with van der Waals surface area (Å²) in [4.78, 5) is 2.67. The molecule has 2 unspecified atom stereocenters. The van der Waals surface area contributed by atoms with E-state index in [1.165, 1.54) is 64.5 Å². The van der Waals surface area contributed by atoms with E-state index in [0.29, 0.717) is 5.92 Å². The van der Waals surface area contributed by atoms with E-state index in [9.17, 15) is 5.11 Å². The molecule has 0 spiro atoms. The summed E-state index contributed by atoms with van der Waals surface area (Å²) in [5.74, 6) is 0.590. The van der Waals surface area contributed by atoms with E-state index in [0.717, 1.165) is 12.5 Å². The van der Waals surface area contributed by atoms with Gasteiger partial charge < -0.3 is 10.0 Å². The summed E-state index contributed by atoms with van der Waals surface area (Å²) >= 11 is 0. The molecule has 0 radical (unpaired) electrons. The Morgan fingerprint density at radius 1 is 1.00 bits per heavy atom. The van der Waals surface area contributed by atoms with Crippen LogP contribution < -0.4 is 0 Å². The molecule has 0 heterocycles. The van der Waals surface area contributed by atoms with Gasteiger partial charge in [0.05, 0.1) is 6.10 Å². The highest BCUT2D eigenvalue weighted by atomic mass is 16.3. The monoisotopic (exact) mass is 239 g/mol. The molecule has 17 heavy (non-hydrogen) atoms. The summed E-state index contributed by atoms with van der Waals surface area (Å²) in [5.41, 5.74) is 0. The first-order valence-electron chi connectivity index (χ1n) is 7.73. The van der Waals surface area contributed by atoms with Gasteiger partial charge >= 0.3 is 0 Å². The molecule has 0 bridgehead atoms. The van der Waals surface area contributed by atoms with Crippen molar-refractivity contribution < 1.29 is 5.11 Å². The Balaban J connectivity index is 1.74. The summed E-state index contributed by atoms with van der Waals surface area (Å²) in [6.07, 6.45) is 11.8. The van der Waals surface area contributed by atoms with Crippen molar-refractivity contribution in [1.29, 1.82) is 0 Å². The van der Waals surface area contributed by atoms with E-state index in [2.05, 4.69) is 11.8 Å². The van der Waals surface area contributed by atoms with Gasteiger partial charge in [0.25, 0.3) is 0 Å². The number of nitrogens with zero attached hydrogens (tertiary/aromatic N) is 1. The lowest BCUT2D eigenvalue weighted by Crippen LogP contribution is -2.38. The van der Waals surface area contributed by atoms with Crippen LogP contribution in [0.1, 0.15) is 64.7 Å². The second-order valence-corrected chi connectivity index (χ2v) is 5.97. The summed E-state index contributed by atoms with van der Waals surface area (Å²) in [6.45, 7) is 4.69. The Labute approximate surface area is 106 Å². The zero-order valence-corrected chi connectivity index (χ0v) is 11.4. The average molecular weight is 239 g/mol. The fraction of sp³-hybridized carbons (Fsp3) is 1.00. The number of aliphatic hydroxyl groups excluding tert-OH is 1. The molecule has 0 saturated heterocycles. The highest BCUT2D eigenvalue weighted by molar-refractivity contribution is 4.80. The smallest absolute Gasteiger partial charge is 0.0568 e. The molecule has 0 amide bonds. The molecule has 0 aromatic carbocycles. The normalized spacial score (nSPS) is 31.2. The molecule has 2 nitrogen and oxygen atoms in total. The minimum Gasteiger partial charge on any atom is -0.393 e. The van der Waals surface area contributed by atoms with E-state index in [1.807, 2.05) is 0 Å². The predicted octanol–water partition coefficient (Wildman–Crippen LogP) is 3.19. The quantitative estimate of drug-likeness (QED) is 0.796. The highest BCUT2D eigenvalue weighted by Crippen LogP contribution is 2.29. The Morgan fingerprint density at radius 3 is 2.35 bits per heavy atom. The van der Waals surface area contributed by atoms with Crippen molar-refractivity contribution in [2.75, 3.05) is 13.1 Å². The van der Waals surface area contributed by atoms with Gasteiger partial charge in [-0.1, -0.05) is 32.6 Å². The van der Waals surface area contributed by atoms with Gasteiger partial charge in [-0.2, -0.15) is 0 Å². The predicted molar refractivity (Wildman–Crippen MR) is 72.1 cm³/mol. The van der Waals surface area contributed by atoms with Crippen LogP contribution in [0.25, 0.3) is 0 Å². The van der Waals surface area contributed by atoms with Crippen LogP contribution in [0.3, 0.4) is 0 Å². The molecule has 2 aliphatic carbocycles. The van der Waals surface area contributed by atoms with Crippen molar-refractivity contribution in [2.24, 2.45) is 5.92 Å². The van der Waals surface area contributed by atoms with Crippen molar-refractivity contribution in [3.05, 3.63) is 0 Å². The Kier molecular flexibility index (Phi) is 5.30. The van der Waals surface area contributed by atoms with Crippen LogP contribution in [0, 0.1) is 5.92 Å². The van der Waals surface area contributed by atoms with Gasteiger partial charge in [-0.15, -0.1) is 0 Å². The maximum absolute atomic E-state index is 9.87. The third kappa shape index (κ3) is 3.69. The Hall–Kier alpha value is -0.0800. The molecule has 2 fully saturated rings. The van der Waals surface area contributed by atoms with Gasteiger partial charge in [-0.25, -0.2) is 0 Å². The fourth-order valence-electron chi connectivity index (χ4n) is 3.73. The molecule has 100 valence electrons. The first-order valence-corrected chi connectivity index (χ1v) is 7.73. The third-order valence-corrected chi connectivity index (χ3v) is 4.90. The minimum absolute atomic E-state index is 0.0000574. The van der Waals surface area contributed by atoms with Crippen LogP contribution in [0.15, 0.2) is 0 Å². The van der Waals surface area contributed by atoms with Crippen LogP contribution in [-0.4, -0.2) is 35.2 Å². The van der Waals surface area contributed by atoms with Crippen LogP contribution in [0.5, 0.6) is 0 Å². The molecular weight excluding hydrogens is 210 g/mol. The first-order chi connectivity index (χ1) is 8.31. The maximum Gasteiger partial charge on any atom is 0.0568 e. The second kappa shape index (κ2) is 6.75. The van der Waals surface area contributed by atoms with Crippen molar-refractivity contribution in [3.8, 4) is 0 Å². The van der Waals surface area contributed by atoms with Gasteiger partial charge in [0.1, 0.15) is 0 Å². The van der Waals surface area contributed by atoms with Gasteiger partial charge in [0, 0.05) is 6.04 Å². The fourth-order valence-corrected chi connectivity index (χ4v) is 3.73. The van der Waals surface area contributed by atoms with E-state index >= 15 is 0 Å². The molecule has 2 aliphatic rings. The van der Waals surface area contributed by atoms with Crippen LogP contribution in [0.2, 0.25) is 0 Å². The van der Waals surface area contributed by atoms with Crippen molar-refractivity contribution in [1.82, 2.24) is 4.90 Å². The zero-order chi connectivity index (χ0) is 12.1. The number of hydrogen-bond acceptors (Lipinski definition) is 2. The maximum atomic E-state index is 9.87. The summed E-state index contributed by atoms with van der Waals surface area (Å²) in [6, 6.07) is 0.840. The zero-order valence-electron chi connectivity index (χ0n) is 11.4. The van der Waals surface area contributed by atoms with Crippen LogP contribution >= 0.6 is 0 Å². The summed E-state index contributed by atoms with van der Waals surface area (Å²) < 4.78 is 0. The topological polar surface area (TPSA) is 23.5 Å². The molecular formula is C15H29NO. The van der Waals surface area contributed by atoms with Crippen LogP contribution in [-0.2, 0) is 0 Å². The van der Waals surface area contributed by atoms with E-state index < -0.39 is 0 Å². The summed E-state index contributed by atoms with van der Waals surface area (Å²) in [5, 5.41) is 9.87. The van der Waals surface area contributed by atoms with E-state index in [-0.39, 0.29) is 6.10 Å². The van der Waals surface area contributed by atoms with E-state index in [1.54, 1.807) is 0 Å². The van der Waals surface area contributed by atoms with Crippen molar-refractivity contribution in [2.45, 2.75) is 76.9 Å². The van der Waals surface area contributed by atoms with Gasteiger partial charge in [-0.3, -0.25) is 0 Å². The van der Waals surface area contributed by atoms with Crippen LogP contribution in [0.4, 0.5) is 0 Å². The summed E-state index contributed by atoms with van der Waals surface area (Å²) in [7, 11) is 0. The highest BCUT2D eigenvalue weighted by Gasteiger charge is 2.26. The lowest BCUT2D eigenvalue weighted by atomic mass is 9.93. The molecule has 0 aliphatic heterocycles. The van der Waals surface area contributed by atoms with Gasteiger partial charge in [0.15, 0.2) is 0 Å². The SMILES string of the molecule is CCN(CCC1CCCC1O)C1CCCCC1. The molecule has 0 aromatic rings.